The molecule has 0 aliphatic carbocycles. The summed E-state index contributed by atoms with van der Waals surface area (Å²) in [6, 6.07) is 6.04. The van der Waals surface area contributed by atoms with Crippen molar-refractivity contribution in [3.8, 4) is 16.9 Å². The molecule has 0 fully saturated rings. The van der Waals surface area contributed by atoms with Gasteiger partial charge in [-0.25, -0.2) is 5.10 Å². The standard InChI is InChI=1S/C10H7ClN2O2/c11-7-1-2-8(9(14)4-7)6-3-10(15)13-12-5-6/h1-5,14H,(H,13,15). The van der Waals surface area contributed by atoms with E-state index in [9.17, 15) is 9.90 Å². The third-order valence-corrected chi connectivity index (χ3v) is 2.17. The number of benzene rings is 1. The SMILES string of the molecule is O=c1cc(-c2ccc(Cl)cc2O)cn[nH]1. The summed E-state index contributed by atoms with van der Waals surface area (Å²) in [4.78, 5) is 11.0. The lowest BCUT2D eigenvalue weighted by Crippen LogP contribution is -2.05. The Bertz CT molecular complexity index is 551. The second-order valence-electron chi connectivity index (χ2n) is 3.00. The van der Waals surface area contributed by atoms with Crippen LogP contribution in [0.2, 0.25) is 5.02 Å². The van der Waals surface area contributed by atoms with Crippen molar-refractivity contribution in [1.82, 2.24) is 10.2 Å². The van der Waals surface area contributed by atoms with Gasteiger partial charge in [-0.05, 0) is 18.2 Å². The molecule has 1 aromatic heterocycles. The molecular formula is C10H7ClN2O2. The summed E-state index contributed by atoms with van der Waals surface area (Å²) in [5.41, 5.74) is 0.757. The predicted molar refractivity (Wildman–Crippen MR) is 57.0 cm³/mol. The Morgan fingerprint density at radius 2 is 2.13 bits per heavy atom. The number of nitrogens with zero attached hydrogens (tertiary/aromatic N) is 1. The molecule has 2 rings (SSSR count). The van der Waals surface area contributed by atoms with Crippen LogP contribution in [-0.4, -0.2) is 15.3 Å². The molecule has 0 aliphatic rings. The Kier molecular flexibility index (Phi) is 2.43. The molecule has 0 atom stereocenters. The Hall–Kier alpha value is -1.81. The molecule has 2 aromatic rings. The maximum absolute atomic E-state index is 11.0. The van der Waals surface area contributed by atoms with Crippen molar-refractivity contribution < 1.29 is 5.11 Å². The maximum atomic E-state index is 11.0. The van der Waals surface area contributed by atoms with Gasteiger partial charge >= 0.3 is 0 Å². The molecule has 0 saturated carbocycles. The minimum atomic E-state index is -0.318. The van der Waals surface area contributed by atoms with Crippen LogP contribution in [0.25, 0.3) is 11.1 Å². The van der Waals surface area contributed by atoms with Gasteiger partial charge < -0.3 is 5.11 Å². The summed E-state index contributed by atoms with van der Waals surface area (Å²) >= 11 is 5.69. The number of aromatic nitrogens is 2. The first-order valence-electron chi connectivity index (χ1n) is 4.20. The van der Waals surface area contributed by atoms with E-state index in [1.54, 1.807) is 12.1 Å². The molecule has 0 saturated heterocycles. The summed E-state index contributed by atoms with van der Waals surface area (Å²) in [6.07, 6.45) is 1.46. The summed E-state index contributed by atoms with van der Waals surface area (Å²) in [6.45, 7) is 0. The van der Waals surface area contributed by atoms with Crippen LogP contribution in [0.4, 0.5) is 0 Å². The van der Waals surface area contributed by atoms with Crippen LogP contribution >= 0.6 is 11.6 Å². The first-order chi connectivity index (χ1) is 7.16. The lowest BCUT2D eigenvalue weighted by atomic mass is 10.1. The highest BCUT2D eigenvalue weighted by atomic mass is 35.5. The molecule has 0 aliphatic heterocycles. The Morgan fingerprint density at radius 3 is 2.80 bits per heavy atom. The fourth-order valence-electron chi connectivity index (χ4n) is 1.27. The summed E-state index contributed by atoms with van der Waals surface area (Å²) < 4.78 is 0. The van der Waals surface area contributed by atoms with Gasteiger partial charge in [-0.1, -0.05) is 11.6 Å². The zero-order valence-corrected chi connectivity index (χ0v) is 8.32. The van der Waals surface area contributed by atoms with Crippen molar-refractivity contribution in [1.29, 1.82) is 0 Å². The van der Waals surface area contributed by atoms with Gasteiger partial charge in [-0.2, -0.15) is 5.10 Å². The molecule has 0 radical (unpaired) electrons. The highest BCUT2D eigenvalue weighted by Crippen LogP contribution is 2.29. The molecular weight excluding hydrogens is 216 g/mol. The first-order valence-corrected chi connectivity index (χ1v) is 4.58. The third kappa shape index (κ3) is 1.99. The van der Waals surface area contributed by atoms with Gasteiger partial charge in [0, 0.05) is 22.2 Å². The number of hydrogen-bond acceptors (Lipinski definition) is 3. The quantitative estimate of drug-likeness (QED) is 0.773. The van der Waals surface area contributed by atoms with Gasteiger partial charge in [0.15, 0.2) is 0 Å². The van der Waals surface area contributed by atoms with E-state index < -0.39 is 0 Å². The van der Waals surface area contributed by atoms with Crippen molar-refractivity contribution >= 4 is 11.6 Å². The minimum Gasteiger partial charge on any atom is -0.507 e. The van der Waals surface area contributed by atoms with Crippen LogP contribution in [0.15, 0.2) is 35.3 Å². The average molecular weight is 223 g/mol. The van der Waals surface area contributed by atoms with Crippen LogP contribution in [0.5, 0.6) is 5.75 Å². The first kappa shape index (κ1) is 9.73. The number of H-pyrrole nitrogens is 1. The molecule has 1 aromatic carbocycles. The molecule has 0 unspecified atom stereocenters. The molecule has 2 N–H and O–H groups in total. The van der Waals surface area contributed by atoms with Crippen LogP contribution in [0.1, 0.15) is 0 Å². The molecule has 0 amide bonds. The maximum Gasteiger partial charge on any atom is 0.264 e. The normalized spacial score (nSPS) is 10.2. The van der Waals surface area contributed by atoms with E-state index in [0.29, 0.717) is 16.1 Å². The van der Waals surface area contributed by atoms with Crippen LogP contribution in [0, 0.1) is 0 Å². The summed E-state index contributed by atoms with van der Waals surface area (Å²) in [5, 5.41) is 16.0. The average Bonchev–Trinajstić information content (AvgIpc) is 2.17. The van der Waals surface area contributed by atoms with Crippen molar-refractivity contribution in [3.05, 3.63) is 45.8 Å². The van der Waals surface area contributed by atoms with Crippen molar-refractivity contribution in [3.63, 3.8) is 0 Å². The fourth-order valence-corrected chi connectivity index (χ4v) is 1.44. The van der Waals surface area contributed by atoms with Gasteiger partial charge in [0.25, 0.3) is 5.56 Å². The Balaban J connectivity index is 2.59. The fraction of sp³-hybridized carbons (Fsp3) is 0. The number of aromatic amines is 1. The van der Waals surface area contributed by atoms with E-state index in [1.165, 1.54) is 18.3 Å². The van der Waals surface area contributed by atoms with Gasteiger partial charge in [-0.3, -0.25) is 4.79 Å². The van der Waals surface area contributed by atoms with Crippen LogP contribution in [0.3, 0.4) is 0 Å². The highest BCUT2D eigenvalue weighted by molar-refractivity contribution is 6.30. The van der Waals surface area contributed by atoms with Crippen LogP contribution < -0.4 is 5.56 Å². The number of phenols is 1. The second kappa shape index (κ2) is 3.74. The Morgan fingerprint density at radius 1 is 1.33 bits per heavy atom. The Labute approximate surface area is 90.2 Å². The molecule has 15 heavy (non-hydrogen) atoms. The second-order valence-corrected chi connectivity index (χ2v) is 3.43. The minimum absolute atomic E-state index is 0.0231. The smallest absolute Gasteiger partial charge is 0.264 e. The number of rotatable bonds is 1. The molecule has 1 heterocycles. The lowest BCUT2D eigenvalue weighted by molar-refractivity contribution is 0.477. The van der Waals surface area contributed by atoms with Gasteiger partial charge in [0.05, 0.1) is 6.20 Å². The zero-order chi connectivity index (χ0) is 10.8. The largest absolute Gasteiger partial charge is 0.507 e. The number of halogens is 1. The van der Waals surface area contributed by atoms with E-state index >= 15 is 0 Å². The third-order valence-electron chi connectivity index (χ3n) is 1.94. The van der Waals surface area contributed by atoms with Gasteiger partial charge in [0.2, 0.25) is 0 Å². The molecule has 5 heteroatoms. The van der Waals surface area contributed by atoms with E-state index in [2.05, 4.69) is 10.2 Å². The molecule has 4 nitrogen and oxygen atoms in total. The number of nitrogens with one attached hydrogen (secondary N) is 1. The lowest BCUT2D eigenvalue weighted by Gasteiger charge is -2.03. The summed E-state index contributed by atoms with van der Waals surface area (Å²) in [5.74, 6) is 0.0231. The van der Waals surface area contributed by atoms with E-state index in [4.69, 9.17) is 11.6 Å². The number of phenolic OH excluding ortho intramolecular Hbond substituents is 1. The topological polar surface area (TPSA) is 66.0 Å². The predicted octanol–water partition coefficient (Wildman–Crippen LogP) is 1.80. The molecule has 76 valence electrons. The number of hydrogen-bond donors (Lipinski definition) is 2. The number of aromatic hydroxyl groups is 1. The molecule has 0 bridgehead atoms. The molecule has 0 spiro atoms. The van der Waals surface area contributed by atoms with E-state index in [0.717, 1.165) is 0 Å². The van der Waals surface area contributed by atoms with Crippen molar-refractivity contribution in [2.24, 2.45) is 0 Å². The van der Waals surface area contributed by atoms with Gasteiger partial charge in [0.1, 0.15) is 5.75 Å². The highest BCUT2D eigenvalue weighted by Gasteiger charge is 2.05. The van der Waals surface area contributed by atoms with E-state index in [1.807, 2.05) is 0 Å². The zero-order valence-electron chi connectivity index (χ0n) is 7.57. The van der Waals surface area contributed by atoms with Crippen molar-refractivity contribution in [2.75, 3.05) is 0 Å². The van der Waals surface area contributed by atoms with Crippen molar-refractivity contribution in [2.45, 2.75) is 0 Å². The monoisotopic (exact) mass is 222 g/mol. The van der Waals surface area contributed by atoms with Gasteiger partial charge in [-0.15, -0.1) is 0 Å². The summed E-state index contributed by atoms with van der Waals surface area (Å²) in [7, 11) is 0. The van der Waals surface area contributed by atoms with Crippen LogP contribution in [-0.2, 0) is 0 Å². The van der Waals surface area contributed by atoms with E-state index in [-0.39, 0.29) is 11.3 Å².